The number of hydrogen-bond acceptors (Lipinski definition) is 4. The Kier molecular flexibility index (Phi) is 4.21. The van der Waals surface area contributed by atoms with Crippen LogP contribution in [0.5, 0.6) is 11.6 Å². The van der Waals surface area contributed by atoms with Crippen LogP contribution in [-0.2, 0) is 6.61 Å². The Balaban J connectivity index is 2.22. The second kappa shape index (κ2) is 6.07. The van der Waals surface area contributed by atoms with Crippen molar-refractivity contribution >= 4 is 0 Å². The van der Waals surface area contributed by atoms with Crippen LogP contribution < -0.4 is 9.47 Å². The van der Waals surface area contributed by atoms with Crippen LogP contribution in [-0.4, -0.2) is 12.1 Å². The first-order chi connectivity index (χ1) is 9.65. The molecule has 0 bridgehead atoms. The second-order valence-electron chi connectivity index (χ2n) is 4.51. The first kappa shape index (κ1) is 13.9. The average molecular weight is 268 g/mol. The first-order valence-electron chi connectivity index (χ1n) is 6.27. The molecule has 0 atom stereocenters. The number of pyridine rings is 1. The van der Waals surface area contributed by atoms with Gasteiger partial charge in [0.2, 0.25) is 5.88 Å². The lowest BCUT2D eigenvalue weighted by Gasteiger charge is -2.13. The van der Waals surface area contributed by atoms with E-state index >= 15 is 0 Å². The van der Waals surface area contributed by atoms with Gasteiger partial charge in [-0.05, 0) is 49.2 Å². The molecule has 1 aromatic heterocycles. The van der Waals surface area contributed by atoms with E-state index in [4.69, 9.17) is 14.7 Å². The Morgan fingerprint density at radius 2 is 1.95 bits per heavy atom. The fraction of sp³-hybridized carbons (Fsp3) is 0.250. The normalized spacial score (nSPS) is 9.90. The van der Waals surface area contributed by atoms with E-state index < -0.39 is 0 Å². The minimum atomic E-state index is 0.380. The minimum absolute atomic E-state index is 0.380. The van der Waals surface area contributed by atoms with Crippen molar-refractivity contribution in [1.29, 1.82) is 5.26 Å². The molecule has 0 saturated heterocycles. The van der Waals surface area contributed by atoms with Crippen LogP contribution in [0.1, 0.15) is 22.3 Å². The molecule has 0 amide bonds. The smallest absolute Gasteiger partial charge is 0.219 e. The number of rotatable bonds is 4. The minimum Gasteiger partial charge on any atom is -0.488 e. The van der Waals surface area contributed by atoms with Gasteiger partial charge in [0.1, 0.15) is 12.4 Å². The summed E-state index contributed by atoms with van der Waals surface area (Å²) in [5.41, 5.74) is 3.43. The maximum absolute atomic E-state index is 8.94. The fourth-order valence-corrected chi connectivity index (χ4v) is 2.11. The third kappa shape index (κ3) is 2.89. The Morgan fingerprint density at radius 1 is 1.25 bits per heavy atom. The van der Waals surface area contributed by atoms with E-state index in [0.29, 0.717) is 18.1 Å². The molecule has 0 aliphatic rings. The van der Waals surface area contributed by atoms with Gasteiger partial charge >= 0.3 is 0 Å². The van der Waals surface area contributed by atoms with Crippen LogP contribution in [0.4, 0.5) is 0 Å². The molecule has 0 unspecified atom stereocenters. The number of nitriles is 1. The highest BCUT2D eigenvalue weighted by Gasteiger charge is 2.09. The molecule has 0 N–H and O–H groups in total. The molecule has 0 saturated carbocycles. The van der Waals surface area contributed by atoms with Crippen LogP contribution in [0.25, 0.3) is 0 Å². The Bertz CT molecular complexity index is 637. The molecule has 102 valence electrons. The predicted molar refractivity (Wildman–Crippen MR) is 75.8 cm³/mol. The zero-order chi connectivity index (χ0) is 14.5. The number of nitrogens with zero attached hydrogens (tertiary/aromatic N) is 2. The summed E-state index contributed by atoms with van der Waals surface area (Å²) in [5, 5.41) is 8.94. The topological polar surface area (TPSA) is 55.1 Å². The number of aromatic nitrogens is 1. The zero-order valence-corrected chi connectivity index (χ0v) is 11.8. The van der Waals surface area contributed by atoms with E-state index in [0.717, 1.165) is 22.4 Å². The molecule has 4 heteroatoms. The lowest BCUT2D eigenvalue weighted by Crippen LogP contribution is -2.02. The van der Waals surface area contributed by atoms with Crippen molar-refractivity contribution in [2.75, 3.05) is 7.11 Å². The van der Waals surface area contributed by atoms with Gasteiger partial charge in [-0.2, -0.15) is 5.26 Å². The van der Waals surface area contributed by atoms with Crippen molar-refractivity contribution in [1.82, 2.24) is 4.98 Å². The van der Waals surface area contributed by atoms with Crippen LogP contribution in [0, 0.1) is 25.2 Å². The molecule has 4 nitrogen and oxygen atoms in total. The molecule has 20 heavy (non-hydrogen) atoms. The van der Waals surface area contributed by atoms with Gasteiger partial charge in [-0.1, -0.05) is 0 Å². The molecule has 2 rings (SSSR count). The van der Waals surface area contributed by atoms with E-state index in [1.807, 2.05) is 38.1 Å². The summed E-state index contributed by atoms with van der Waals surface area (Å²) in [6.07, 6.45) is 1.68. The maximum atomic E-state index is 8.94. The third-order valence-electron chi connectivity index (χ3n) is 3.00. The van der Waals surface area contributed by atoms with Crippen LogP contribution in [0.3, 0.4) is 0 Å². The van der Waals surface area contributed by atoms with Gasteiger partial charge in [0, 0.05) is 6.20 Å². The van der Waals surface area contributed by atoms with Crippen LogP contribution in [0.2, 0.25) is 0 Å². The van der Waals surface area contributed by atoms with Gasteiger partial charge < -0.3 is 9.47 Å². The van der Waals surface area contributed by atoms with E-state index in [9.17, 15) is 0 Å². The summed E-state index contributed by atoms with van der Waals surface area (Å²) >= 11 is 0. The fourth-order valence-electron chi connectivity index (χ4n) is 2.11. The van der Waals surface area contributed by atoms with Crippen molar-refractivity contribution in [2.45, 2.75) is 20.5 Å². The quantitative estimate of drug-likeness (QED) is 0.854. The van der Waals surface area contributed by atoms with Crippen LogP contribution in [0.15, 0.2) is 30.5 Å². The summed E-state index contributed by atoms with van der Waals surface area (Å²) in [4.78, 5) is 4.14. The second-order valence-corrected chi connectivity index (χ2v) is 4.51. The van der Waals surface area contributed by atoms with E-state index in [1.165, 1.54) is 0 Å². The van der Waals surface area contributed by atoms with E-state index in [-0.39, 0.29) is 0 Å². The number of aryl methyl sites for hydroxylation is 2. The number of ether oxygens (including phenoxy) is 2. The number of methoxy groups -OCH3 is 1. The van der Waals surface area contributed by atoms with Gasteiger partial charge in [-0.25, -0.2) is 4.98 Å². The molecule has 0 fully saturated rings. The first-order valence-corrected chi connectivity index (χ1v) is 6.27. The number of hydrogen-bond donors (Lipinski definition) is 0. The molecule has 2 aromatic rings. The van der Waals surface area contributed by atoms with Crippen molar-refractivity contribution in [2.24, 2.45) is 0 Å². The monoisotopic (exact) mass is 268 g/mol. The highest BCUT2D eigenvalue weighted by atomic mass is 16.5. The van der Waals surface area contributed by atoms with Crippen molar-refractivity contribution in [3.8, 4) is 17.7 Å². The van der Waals surface area contributed by atoms with Gasteiger partial charge in [0.25, 0.3) is 0 Å². The summed E-state index contributed by atoms with van der Waals surface area (Å²) in [6.45, 7) is 4.25. The maximum Gasteiger partial charge on any atom is 0.219 e. The zero-order valence-electron chi connectivity index (χ0n) is 11.8. The molecule has 0 spiro atoms. The molecule has 0 aliphatic carbocycles. The molecular weight excluding hydrogens is 252 g/mol. The predicted octanol–water partition coefficient (Wildman–Crippen LogP) is 3.16. The van der Waals surface area contributed by atoms with Gasteiger partial charge in [0.15, 0.2) is 0 Å². The summed E-state index contributed by atoms with van der Waals surface area (Å²) in [7, 11) is 1.59. The van der Waals surface area contributed by atoms with Gasteiger partial charge in [-0.15, -0.1) is 0 Å². The van der Waals surface area contributed by atoms with Crippen molar-refractivity contribution < 1.29 is 9.47 Å². The van der Waals surface area contributed by atoms with Crippen molar-refractivity contribution in [3.05, 3.63) is 52.7 Å². The standard InChI is InChI=1S/C16H16N2O2/c1-11-7-13(9-17)8-12(2)15(11)20-10-14-5-4-6-18-16(14)19-3/h4-8H,10H2,1-3H3. The molecule has 1 heterocycles. The average Bonchev–Trinajstić information content (AvgIpc) is 2.46. The molecule has 1 aromatic carbocycles. The summed E-state index contributed by atoms with van der Waals surface area (Å²) in [5.74, 6) is 1.37. The largest absolute Gasteiger partial charge is 0.488 e. The summed E-state index contributed by atoms with van der Waals surface area (Å²) < 4.78 is 11.1. The number of benzene rings is 1. The molecule has 0 radical (unpaired) electrons. The SMILES string of the molecule is COc1ncccc1COc1c(C)cc(C#N)cc1C. The van der Waals surface area contributed by atoms with E-state index in [1.54, 1.807) is 13.3 Å². The van der Waals surface area contributed by atoms with Crippen LogP contribution >= 0.6 is 0 Å². The Morgan fingerprint density at radius 3 is 2.55 bits per heavy atom. The highest BCUT2D eigenvalue weighted by molar-refractivity contribution is 5.47. The van der Waals surface area contributed by atoms with E-state index in [2.05, 4.69) is 11.1 Å². The summed E-state index contributed by atoms with van der Waals surface area (Å²) in [6, 6.07) is 9.55. The Hall–Kier alpha value is -2.54. The van der Waals surface area contributed by atoms with Gasteiger partial charge in [-0.3, -0.25) is 0 Å². The van der Waals surface area contributed by atoms with Gasteiger partial charge in [0.05, 0.1) is 24.3 Å². The third-order valence-corrected chi connectivity index (χ3v) is 3.00. The Labute approximate surface area is 118 Å². The molecule has 0 aliphatic heterocycles. The lowest BCUT2D eigenvalue weighted by molar-refractivity contribution is 0.290. The molecular formula is C16H16N2O2. The van der Waals surface area contributed by atoms with Crippen molar-refractivity contribution in [3.63, 3.8) is 0 Å². The highest BCUT2D eigenvalue weighted by Crippen LogP contribution is 2.26. The lowest BCUT2D eigenvalue weighted by atomic mass is 10.1.